The fourth-order valence-corrected chi connectivity index (χ4v) is 2.31. The average molecular weight is 331 g/mol. The third kappa shape index (κ3) is 4.41. The molecule has 7 heteroatoms. The molecule has 2 rings (SSSR count). The van der Waals surface area contributed by atoms with Crippen LogP contribution in [0.15, 0.2) is 34.9 Å². The van der Waals surface area contributed by atoms with Gasteiger partial charge in [-0.3, -0.25) is 9.59 Å². The minimum Gasteiger partial charge on any atom is -0.481 e. The zero-order valence-corrected chi connectivity index (χ0v) is 13.8. The van der Waals surface area contributed by atoms with E-state index < -0.39 is 11.4 Å². The Kier molecular flexibility index (Phi) is 5.68. The van der Waals surface area contributed by atoms with Crippen molar-refractivity contribution in [2.45, 2.75) is 38.5 Å². The molecule has 0 fully saturated rings. The maximum absolute atomic E-state index is 12.0. The fourth-order valence-electron chi connectivity index (χ4n) is 2.31. The van der Waals surface area contributed by atoms with Crippen LogP contribution < -0.4 is 5.32 Å². The first-order chi connectivity index (χ1) is 11.4. The number of aryl methyl sites for hydroxylation is 2. The van der Waals surface area contributed by atoms with Crippen LogP contribution in [0, 0.1) is 6.92 Å². The largest absolute Gasteiger partial charge is 0.481 e. The number of amides is 1. The Morgan fingerprint density at radius 2 is 2.00 bits per heavy atom. The van der Waals surface area contributed by atoms with Crippen molar-refractivity contribution in [3.8, 4) is 0 Å². The molecule has 1 unspecified atom stereocenters. The number of hydrogen-bond acceptors (Lipinski definition) is 5. The molecule has 0 aliphatic heterocycles. The number of carbonyl (C=O) groups excluding carboxylic acids is 1. The summed E-state index contributed by atoms with van der Waals surface area (Å²) in [4.78, 5) is 27.7. The Morgan fingerprint density at radius 1 is 1.29 bits per heavy atom. The summed E-state index contributed by atoms with van der Waals surface area (Å²) in [5.41, 5.74) is -0.514. The number of aromatic nitrogens is 2. The predicted octanol–water partition coefficient (Wildman–Crippen LogP) is 1.86. The number of nitrogens with one attached hydrogen (secondary N) is 1. The molecule has 1 aromatic carbocycles. The van der Waals surface area contributed by atoms with Gasteiger partial charge in [-0.25, -0.2) is 0 Å². The first-order valence-corrected chi connectivity index (χ1v) is 7.76. The summed E-state index contributed by atoms with van der Waals surface area (Å²) in [6, 6.07) is 8.88. The van der Waals surface area contributed by atoms with E-state index in [4.69, 9.17) is 4.52 Å². The van der Waals surface area contributed by atoms with Crippen molar-refractivity contribution in [2.75, 3.05) is 6.54 Å². The van der Waals surface area contributed by atoms with Crippen molar-refractivity contribution < 1.29 is 19.2 Å². The molecule has 1 atom stereocenters. The third-order valence-electron chi connectivity index (χ3n) is 3.89. The topological polar surface area (TPSA) is 105 Å². The van der Waals surface area contributed by atoms with Gasteiger partial charge in [-0.2, -0.15) is 4.98 Å². The normalized spacial score (nSPS) is 13.2. The summed E-state index contributed by atoms with van der Waals surface area (Å²) in [7, 11) is 0. The lowest BCUT2D eigenvalue weighted by molar-refractivity contribution is -0.143. The molecule has 128 valence electrons. The summed E-state index contributed by atoms with van der Waals surface area (Å²) >= 11 is 0. The fraction of sp³-hybridized carbons (Fsp3) is 0.412. The van der Waals surface area contributed by atoms with Crippen LogP contribution in [0.5, 0.6) is 0 Å². The van der Waals surface area contributed by atoms with Gasteiger partial charge in [-0.15, -0.1) is 0 Å². The SMILES string of the molecule is Cc1noc(CCCC(=O)NCC(C)(C(=O)O)c2ccccc2)n1. The number of carboxylic acids is 1. The van der Waals surface area contributed by atoms with Gasteiger partial charge in [0.25, 0.3) is 0 Å². The van der Waals surface area contributed by atoms with E-state index in [1.54, 1.807) is 38.1 Å². The van der Waals surface area contributed by atoms with Crippen LogP contribution >= 0.6 is 0 Å². The number of carbonyl (C=O) groups is 2. The minimum absolute atomic E-state index is 0.0326. The van der Waals surface area contributed by atoms with Crippen molar-refractivity contribution in [1.82, 2.24) is 15.5 Å². The smallest absolute Gasteiger partial charge is 0.315 e. The maximum atomic E-state index is 12.0. The predicted molar refractivity (Wildman–Crippen MR) is 86.4 cm³/mol. The Balaban J connectivity index is 1.85. The summed E-state index contributed by atoms with van der Waals surface area (Å²) in [6.07, 6.45) is 1.34. The zero-order valence-electron chi connectivity index (χ0n) is 13.8. The van der Waals surface area contributed by atoms with Crippen molar-refractivity contribution in [1.29, 1.82) is 0 Å². The molecule has 24 heavy (non-hydrogen) atoms. The second-order valence-electron chi connectivity index (χ2n) is 5.87. The van der Waals surface area contributed by atoms with Gasteiger partial charge < -0.3 is 14.9 Å². The molecule has 0 radical (unpaired) electrons. The van der Waals surface area contributed by atoms with Gasteiger partial charge >= 0.3 is 5.97 Å². The second-order valence-corrected chi connectivity index (χ2v) is 5.87. The number of carboxylic acid groups (broad SMARTS) is 1. The van der Waals surface area contributed by atoms with Crippen molar-refractivity contribution in [2.24, 2.45) is 0 Å². The molecule has 2 N–H and O–H groups in total. The highest BCUT2D eigenvalue weighted by molar-refractivity contribution is 5.83. The molecule has 0 aliphatic rings. The van der Waals surface area contributed by atoms with E-state index >= 15 is 0 Å². The van der Waals surface area contributed by atoms with Gasteiger partial charge in [0.15, 0.2) is 5.82 Å². The summed E-state index contributed by atoms with van der Waals surface area (Å²) in [5, 5.41) is 15.9. The zero-order chi connectivity index (χ0) is 17.6. The Labute approximate surface area is 140 Å². The molecule has 1 aromatic heterocycles. The van der Waals surface area contributed by atoms with Gasteiger partial charge in [0, 0.05) is 19.4 Å². The van der Waals surface area contributed by atoms with Gasteiger partial charge in [0.05, 0.1) is 0 Å². The van der Waals surface area contributed by atoms with Gasteiger partial charge in [-0.05, 0) is 25.8 Å². The maximum Gasteiger partial charge on any atom is 0.315 e. The van der Waals surface area contributed by atoms with Crippen LogP contribution in [0.25, 0.3) is 0 Å². The van der Waals surface area contributed by atoms with Crippen molar-refractivity contribution >= 4 is 11.9 Å². The number of rotatable bonds is 8. The van der Waals surface area contributed by atoms with Gasteiger partial charge in [0.2, 0.25) is 11.8 Å². The molecule has 1 heterocycles. The van der Waals surface area contributed by atoms with E-state index in [1.165, 1.54) is 0 Å². The highest BCUT2D eigenvalue weighted by Gasteiger charge is 2.35. The van der Waals surface area contributed by atoms with Crippen LogP contribution in [-0.4, -0.2) is 33.7 Å². The number of aliphatic carboxylic acids is 1. The quantitative estimate of drug-likeness (QED) is 0.765. The van der Waals surface area contributed by atoms with E-state index in [0.717, 1.165) is 0 Å². The lowest BCUT2D eigenvalue weighted by atomic mass is 9.82. The van der Waals surface area contributed by atoms with Gasteiger partial charge in [-0.1, -0.05) is 35.5 Å². The monoisotopic (exact) mass is 331 g/mol. The molecule has 0 saturated heterocycles. The Hall–Kier alpha value is -2.70. The lowest BCUT2D eigenvalue weighted by Gasteiger charge is -2.25. The van der Waals surface area contributed by atoms with E-state index in [1.807, 2.05) is 6.07 Å². The lowest BCUT2D eigenvalue weighted by Crippen LogP contribution is -2.44. The molecular weight excluding hydrogens is 310 g/mol. The van der Waals surface area contributed by atoms with Crippen LogP contribution in [-0.2, 0) is 21.4 Å². The molecule has 2 aromatic rings. The third-order valence-corrected chi connectivity index (χ3v) is 3.89. The first kappa shape index (κ1) is 17.7. The molecule has 0 bridgehead atoms. The van der Waals surface area contributed by atoms with Gasteiger partial charge in [0.1, 0.15) is 5.41 Å². The van der Waals surface area contributed by atoms with Crippen LogP contribution in [0.3, 0.4) is 0 Å². The average Bonchev–Trinajstić information content (AvgIpc) is 2.98. The standard InChI is InChI=1S/C17H21N3O4/c1-12-19-15(24-20-12)10-6-9-14(21)18-11-17(2,16(22)23)13-7-4-3-5-8-13/h3-5,7-8H,6,9-11H2,1-2H3,(H,18,21)(H,22,23). The number of hydrogen-bond donors (Lipinski definition) is 2. The molecule has 1 amide bonds. The highest BCUT2D eigenvalue weighted by Crippen LogP contribution is 2.23. The molecule has 0 spiro atoms. The Morgan fingerprint density at radius 3 is 2.58 bits per heavy atom. The van der Waals surface area contributed by atoms with E-state index in [-0.39, 0.29) is 18.9 Å². The second kappa shape index (κ2) is 7.72. The van der Waals surface area contributed by atoms with E-state index in [2.05, 4.69) is 15.5 Å². The molecule has 0 aliphatic carbocycles. The number of benzene rings is 1. The Bertz CT molecular complexity index is 699. The highest BCUT2D eigenvalue weighted by atomic mass is 16.5. The van der Waals surface area contributed by atoms with Crippen LogP contribution in [0.4, 0.5) is 0 Å². The summed E-state index contributed by atoms with van der Waals surface area (Å²) in [5.74, 6) is -0.112. The first-order valence-electron chi connectivity index (χ1n) is 7.76. The van der Waals surface area contributed by atoms with Crippen molar-refractivity contribution in [3.63, 3.8) is 0 Å². The summed E-state index contributed by atoms with van der Waals surface area (Å²) in [6.45, 7) is 3.37. The van der Waals surface area contributed by atoms with Crippen molar-refractivity contribution in [3.05, 3.63) is 47.6 Å². The number of nitrogens with zero attached hydrogens (tertiary/aromatic N) is 2. The van der Waals surface area contributed by atoms with Crippen LogP contribution in [0.2, 0.25) is 0 Å². The van der Waals surface area contributed by atoms with Crippen LogP contribution in [0.1, 0.15) is 37.0 Å². The summed E-state index contributed by atoms with van der Waals surface area (Å²) < 4.78 is 4.98. The molecule has 0 saturated carbocycles. The molecule has 7 nitrogen and oxygen atoms in total. The minimum atomic E-state index is -1.17. The molecular formula is C17H21N3O4. The van der Waals surface area contributed by atoms with E-state index in [9.17, 15) is 14.7 Å². The van der Waals surface area contributed by atoms with E-state index in [0.29, 0.717) is 30.1 Å².